The monoisotopic (exact) mass is 383 g/mol. The van der Waals surface area contributed by atoms with Crippen LogP contribution in [0, 0.1) is 5.92 Å². The Bertz CT molecular complexity index is 684. The summed E-state index contributed by atoms with van der Waals surface area (Å²) in [5, 5.41) is 6.28. The van der Waals surface area contributed by atoms with Gasteiger partial charge < -0.3 is 15.5 Å². The number of piperidine rings is 2. The third kappa shape index (κ3) is 4.43. The molecule has 2 aliphatic rings. The van der Waals surface area contributed by atoms with Gasteiger partial charge in [0.05, 0.1) is 17.5 Å². The molecule has 0 bridgehead atoms. The number of nitrogens with zero attached hydrogens (tertiary/aromatic N) is 1. The summed E-state index contributed by atoms with van der Waals surface area (Å²) in [6.45, 7) is 1.64. The molecule has 8 heteroatoms. The standard InChI is InChI=1S/C19H24F3N3O2/c1-25-16(26)9-8-15(18(27)24-14-3-2-10-23-11-14)17(25)12-4-6-13(7-5-12)19(20,21)22/h4-7,14-15,17,23H,2-3,8-11H2,1H3,(H,24,27)/t14-,15?,17?/m0/s1. The van der Waals surface area contributed by atoms with Crippen LogP contribution in [-0.2, 0) is 15.8 Å². The zero-order chi connectivity index (χ0) is 19.6. The Morgan fingerprint density at radius 1 is 1.22 bits per heavy atom. The second kappa shape index (κ2) is 7.88. The summed E-state index contributed by atoms with van der Waals surface area (Å²) in [6.07, 6.45) is -1.89. The lowest BCUT2D eigenvalue weighted by molar-refractivity contribution is -0.142. The van der Waals surface area contributed by atoms with Crippen molar-refractivity contribution in [3.8, 4) is 0 Å². The van der Waals surface area contributed by atoms with Crippen LogP contribution in [0.5, 0.6) is 0 Å². The number of likely N-dealkylation sites (tertiary alicyclic amines) is 1. The first-order valence-corrected chi connectivity index (χ1v) is 9.21. The van der Waals surface area contributed by atoms with E-state index in [1.165, 1.54) is 17.0 Å². The second-order valence-corrected chi connectivity index (χ2v) is 7.27. The Labute approximate surface area is 156 Å². The molecule has 148 valence electrons. The molecule has 5 nitrogen and oxygen atoms in total. The fourth-order valence-electron chi connectivity index (χ4n) is 3.92. The minimum Gasteiger partial charge on any atom is -0.352 e. The maximum Gasteiger partial charge on any atom is 0.416 e. The average molecular weight is 383 g/mol. The van der Waals surface area contributed by atoms with Crippen LogP contribution in [-0.4, -0.2) is 42.9 Å². The quantitative estimate of drug-likeness (QED) is 0.843. The van der Waals surface area contributed by atoms with Crippen molar-refractivity contribution in [3.05, 3.63) is 35.4 Å². The summed E-state index contributed by atoms with van der Waals surface area (Å²) in [5.74, 6) is -0.734. The number of halogens is 3. The van der Waals surface area contributed by atoms with Gasteiger partial charge in [-0.15, -0.1) is 0 Å². The molecule has 2 aliphatic heterocycles. The van der Waals surface area contributed by atoms with Crippen LogP contribution in [0.15, 0.2) is 24.3 Å². The molecular formula is C19H24F3N3O2. The molecule has 1 aromatic rings. The molecule has 0 radical (unpaired) electrons. The molecule has 27 heavy (non-hydrogen) atoms. The van der Waals surface area contributed by atoms with Crippen molar-refractivity contribution in [2.75, 3.05) is 20.1 Å². The Hall–Kier alpha value is -2.09. The van der Waals surface area contributed by atoms with Crippen molar-refractivity contribution in [1.29, 1.82) is 0 Å². The third-order valence-corrected chi connectivity index (χ3v) is 5.42. The van der Waals surface area contributed by atoms with E-state index in [2.05, 4.69) is 10.6 Å². The number of carbonyl (C=O) groups excluding carboxylic acids is 2. The van der Waals surface area contributed by atoms with Gasteiger partial charge in [-0.1, -0.05) is 12.1 Å². The summed E-state index contributed by atoms with van der Waals surface area (Å²) in [6, 6.07) is 4.22. The lowest BCUT2D eigenvalue weighted by atomic mass is 9.83. The maximum absolute atomic E-state index is 12.9. The van der Waals surface area contributed by atoms with Crippen molar-refractivity contribution in [3.63, 3.8) is 0 Å². The number of hydrogen-bond acceptors (Lipinski definition) is 3. The summed E-state index contributed by atoms with van der Waals surface area (Å²) in [7, 11) is 1.60. The Balaban J connectivity index is 1.81. The highest BCUT2D eigenvalue weighted by Gasteiger charge is 2.40. The molecule has 2 unspecified atom stereocenters. The first-order valence-electron chi connectivity index (χ1n) is 9.21. The van der Waals surface area contributed by atoms with Gasteiger partial charge in [-0.3, -0.25) is 9.59 Å². The van der Waals surface area contributed by atoms with Gasteiger partial charge >= 0.3 is 6.18 Å². The molecule has 1 aromatic carbocycles. The topological polar surface area (TPSA) is 61.4 Å². The van der Waals surface area contributed by atoms with Gasteiger partial charge in [-0.25, -0.2) is 0 Å². The van der Waals surface area contributed by atoms with Gasteiger partial charge in [0, 0.05) is 26.1 Å². The largest absolute Gasteiger partial charge is 0.416 e. The predicted molar refractivity (Wildman–Crippen MR) is 93.7 cm³/mol. The van der Waals surface area contributed by atoms with Crippen molar-refractivity contribution < 1.29 is 22.8 Å². The molecule has 2 N–H and O–H groups in total. The number of alkyl halides is 3. The second-order valence-electron chi connectivity index (χ2n) is 7.27. The van der Waals surface area contributed by atoms with Gasteiger partial charge in [0.1, 0.15) is 0 Å². The van der Waals surface area contributed by atoms with Crippen molar-refractivity contribution in [2.24, 2.45) is 5.92 Å². The summed E-state index contributed by atoms with van der Waals surface area (Å²) < 4.78 is 38.5. The van der Waals surface area contributed by atoms with Crippen LogP contribution in [0.4, 0.5) is 13.2 Å². The number of rotatable bonds is 3. The highest BCUT2D eigenvalue weighted by Crippen LogP contribution is 2.37. The van der Waals surface area contributed by atoms with E-state index in [1.807, 2.05) is 0 Å². The normalized spacial score (nSPS) is 26.7. The fraction of sp³-hybridized carbons (Fsp3) is 0.579. The lowest BCUT2D eigenvalue weighted by Crippen LogP contribution is -2.51. The smallest absolute Gasteiger partial charge is 0.352 e. The number of amides is 2. The number of carbonyl (C=O) groups is 2. The van der Waals surface area contributed by atoms with Crippen LogP contribution >= 0.6 is 0 Å². The van der Waals surface area contributed by atoms with Crippen molar-refractivity contribution >= 4 is 11.8 Å². The zero-order valence-corrected chi connectivity index (χ0v) is 15.2. The first-order chi connectivity index (χ1) is 12.8. The molecule has 0 saturated carbocycles. The van der Waals surface area contributed by atoms with E-state index in [-0.39, 0.29) is 24.3 Å². The number of benzene rings is 1. The third-order valence-electron chi connectivity index (χ3n) is 5.42. The fourth-order valence-corrected chi connectivity index (χ4v) is 3.92. The summed E-state index contributed by atoms with van der Waals surface area (Å²) >= 11 is 0. The Morgan fingerprint density at radius 3 is 2.52 bits per heavy atom. The van der Waals surface area contributed by atoms with Crippen LogP contribution < -0.4 is 10.6 Å². The predicted octanol–water partition coefficient (Wildman–Crippen LogP) is 2.48. The molecule has 2 saturated heterocycles. The van der Waals surface area contributed by atoms with Crippen LogP contribution in [0.3, 0.4) is 0 Å². The van der Waals surface area contributed by atoms with Crippen molar-refractivity contribution in [2.45, 2.75) is 43.9 Å². The minimum absolute atomic E-state index is 0.0439. The van der Waals surface area contributed by atoms with E-state index in [4.69, 9.17) is 0 Å². The first kappa shape index (κ1) is 19.7. The molecule has 0 aromatic heterocycles. The summed E-state index contributed by atoms with van der Waals surface area (Å²) in [5.41, 5.74) is -0.203. The average Bonchev–Trinajstić information content (AvgIpc) is 2.64. The lowest BCUT2D eigenvalue weighted by Gasteiger charge is -2.39. The van der Waals surface area contributed by atoms with E-state index in [1.54, 1.807) is 7.05 Å². The van der Waals surface area contributed by atoms with E-state index < -0.39 is 23.7 Å². The Morgan fingerprint density at radius 2 is 1.93 bits per heavy atom. The van der Waals surface area contributed by atoms with Gasteiger partial charge in [0.15, 0.2) is 0 Å². The van der Waals surface area contributed by atoms with Crippen LogP contribution in [0.1, 0.15) is 42.9 Å². The highest BCUT2D eigenvalue weighted by atomic mass is 19.4. The molecular weight excluding hydrogens is 359 g/mol. The maximum atomic E-state index is 12.9. The SMILES string of the molecule is CN1C(=O)CCC(C(=O)N[C@H]2CCCNC2)C1c1ccc(C(F)(F)F)cc1. The Kier molecular flexibility index (Phi) is 5.74. The highest BCUT2D eigenvalue weighted by molar-refractivity contribution is 5.85. The van der Waals surface area contributed by atoms with Gasteiger partial charge in [-0.2, -0.15) is 13.2 Å². The van der Waals surface area contributed by atoms with E-state index in [0.29, 0.717) is 18.5 Å². The molecule has 0 spiro atoms. The van der Waals surface area contributed by atoms with E-state index in [9.17, 15) is 22.8 Å². The summed E-state index contributed by atoms with van der Waals surface area (Å²) in [4.78, 5) is 26.5. The molecule has 2 heterocycles. The molecule has 2 amide bonds. The van der Waals surface area contributed by atoms with Gasteiger partial charge in [-0.05, 0) is 43.5 Å². The van der Waals surface area contributed by atoms with Gasteiger partial charge in [0.25, 0.3) is 0 Å². The number of hydrogen-bond donors (Lipinski definition) is 2. The molecule has 2 fully saturated rings. The minimum atomic E-state index is -4.42. The van der Waals surface area contributed by atoms with Crippen LogP contribution in [0.25, 0.3) is 0 Å². The van der Waals surface area contributed by atoms with E-state index >= 15 is 0 Å². The number of nitrogens with one attached hydrogen (secondary N) is 2. The zero-order valence-electron chi connectivity index (χ0n) is 15.2. The molecule has 3 atom stereocenters. The van der Waals surface area contributed by atoms with Gasteiger partial charge in [0.2, 0.25) is 11.8 Å². The molecule has 3 rings (SSSR count). The van der Waals surface area contributed by atoms with E-state index in [0.717, 1.165) is 31.5 Å². The van der Waals surface area contributed by atoms with Crippen molar-refractivity contribution in [1.82, 2.24) is 15.5 Å². The molecule has 0 aliphatic carbocycles. The van der Waals surface area contributed by atoms with Crippen LogP contribution in [0.2, 0.25) is 0 Å².